The van der Waals surface area contributed by atoms with E-state index >= 15 is 0 Å². The smallest absolute Gasteiger partial charge is 0.226 e. The number of benzene rings is 1. The molecule has 26 heavy (non-hydrogen) atoms. The maximum Gasteiger partial charge on any atom is 0.226 e. The van der Waals surface area contributed by atoms with Gasteiger partial charge in [-0.1, -0.05) is 15.9 Å². The molecule has 128 valence electrons. The Hall–Kier alpha value is -3.18. The molecule has 0 aliphatic rings. The lowest BCUT2D eigenvalue weighted by molar-refractivity contribution is 0.398. The number of imidazole rings is 1. The lowest BCUT2D eigenvalue weighted by atomic mass is 10.2. The molecule has 0 radical (unpaired) electrons. The van der Waals surface area contributed by atoms with Gasteiger partial charge in [-0.15, -0.1) is 4.99 Å². The minimum absolute atomic E-state index is 0.490. The standard InChI is InChI=1S/C18H13BrN6O/c1-24-15-9-21-14-5-3-11(19)7-13(14)17(15)25(18(24)23-10-20)12-4-6-16(26-2)22-8-12/h3-9H,1-2H3. The number of ether oxygens (including phenoxy) is 1. The van der Waals surface area contributed by atoms with Gasteiger partial charge >= 0.3 is 0 Å². The van der Waals surface area contributed by atoms with E-state index in [1.807, 2.05) is 46.6 Å². The lowest BCUT2D eigenvalue weighted by Crippen LogP contribution is -2.22. The maximum atomic E-state index is 9.18. The number of halogens is 1. The summed E-state index contributed by atoms with van der Waals surface area (Å²) in [6, 6.07) is 9.56. The molecule has 0 N–H and O–H groups in total. The van der Waals surface area contributed by atoms with Gasteiger partial charge in [0.05, 0.1) is 41.7 Å². The van der Waals surface area contributed by atoms with Crippen molar-refractivity contribution in [2.75, 3.05) is 7.11 Å². The Kier molecular flexibility index (Phi) is 3.93. The van der Waals surface area contributed by atoms with Gasteiger partial charge < -0.3 is 9.30 Å². The van der Waals surface area contributed by atoms with Gasteiger partial charge in [0.2, 0.25) is 17.7 Å². The van der Waals surface area contributed by atoms with Gasteiger partial charge in [-0.05, 0) is 24.3 Å². The molecule has 4 rings (SSSR count). The second kappa shape index (κ2) is 6.28. The molecule has 0 fully saturated rings. The number of fused-ring (bicyclic) bond motifs is 3. The van der Waals surface area contributed by atoms with Gasteiger partial charge in [0, 0.05) is 23.0 Å². The molecule has 3 aromatic heterocycles. The summed E-state index contributed by atoms with van der Waals surface area (Å²) in [7, 11) is 3.43. The van der Waals surface area contributed by atoms with Crippen LogP contribution in [0.15, 0.2) is 52.2 Å². The van der Waals surface area contributed by atoms with E-state index < -0.39 is 0 Å². The maximum absolute atomic E-state index is 9.18. The summed E-state index contributed by atoms with van der Waals surface area (Å²) in [6.07, 6.45) is 5.37. The molecule has 8 heteroatoms. The molecule has 1 aromatic carbocycles. The van der Waals surface area contributed by atoms with Gasteiger partial charge in [0.1, 0.15) is 0 Å². The Labute approximate surface area is 157 Å². The molecule has 0 saturated heterocycles. The molecule has 4 aromatic rings. The molecule has 0 bridgehead atoms. The number of methoxy groups -OCH3 is 1. The van der Waals surface area contributed by atoms with Crippen molar-refractivity contribution in [2.45, 2.75) is 0 Å². The highest BCUT2D eigenvalue weighted by Gasteiger charge is 2.15. The second-order valence-electron chi connectivity index (χ2n) is 5.62. The summed E-state index contributed by atoms with van der Waals surface area (Å²) in [5, 5.41) is 10.1. The molecular formula is C18H13BrN6O. The van der Waals surface area contributed by atoms with E-state index in [-0.39, 0.29) is 0 Å². The van der Waals surface area contributed by atoms with Crippen LogP contribution >= 0.6 is 15.9 Å². The SMILES string of the molecule is COc1ccc(-n2c(=NC#N)n(C)c3cnc4ccc(Br)cc4c32)cn1. The van der Waals surface area contributed by atoms with E-state index in [9.17, 15) is 5.26 Å². The summed E-state index contributed by atoms with van der Waals surface area (Å²) in [6.45, 7) is 0. The topological polar surface area (TPSA) is 81.0 Å². The largest absolute Gasteiger partial charge is 0.481 e. The van der Waals surface area contributed by atoms with Gasteiger partial charge in [-0.2, -0.15) is 5.26 Å². The molecule has 0 saturated carbocycles. The Balaban J connectivity index is 2.21. The van der Waals surface area contributed by atoms with Crippen LogP contribution in [0.5, 0.6) is 5.88 Å². The number of pyridine rings is 2. The van der Waals surface area contributed by atoms with Crippen LogP contribution in [-0.2, 0) is 7.05 Å². The summed E-state index contributed by atoms with van der Waals surface area (Å²) in [5.41, 5.74) is 3.88. The molecule has 0 atom stereocenters. The van der Waals surface area contributed by atoms with Crippen LogP contribution < -0.4 is 10.4 Å². The highest BCUT2D eigenvalue weighted by molar-refractivity contribution is 9.10. The lowest BCUT2D eigenvalue weighted by Gasteiger charge is -2.07. The van der Waals surface area contributed by atoms with Crippen LogP contribution in [0.2, 0.25) is 0 Å². The summed E-state index contributed by atoms with van der Waals surface area (Å²) >= 11 is 3.53. The van der Waals surface area contributed by atoms with Crippen LogP contribution in [0.3, 0.4) is 0 Å². The third-order valence-corrected chi connectivity index (χ3v) is 4.70. The second-order valence-corrected chi connectivity index (χ2v) is 6.53. The van der Waals surface area contributed by atoms with Crippen molar-refractivity contribution in [1.82, 2.24) is 19.1 Å². The van der Waals surface area contributed by atoms with Crippen LogP contribution in [-0.4, -0.2) is 26.2 Å². The van der Waals surface area contributed by atoms with Crippen molar-refractivity contribution in [3.05, 3.63) is 52.8 Å². The van der Waals surface area contributed by atoms with Crippen LogP contribution in [0.4, 0.5) is 0 Å². The number of nitrogens with zero attached hydrogens (tertiary/aromatic N) is 6. The quantitative estimate of drug-likeness (QED) is 0.477. The number of rotatable bonds is 2. The first-order valence-electron chi connectivity index (χ1n) is 7.73. The molecule has 0 spiro atoms. The fraction of sp³-hybridized carbons (Fsp3) is 0.111. The van der Waals surface area contributed by atoms with Crippen molar-refractivity contribution < 1.29 is 4.74 Å². The normalized spacial score (nSPS) is 11.8. The molecular weight excluding hydrogens is 396 g/mol. The zero-order chi connectivity index (χ0) is 18.3. The fourth-order valence-electron chi connectivity index (χ4n) is 3.02. The Bertz CT molecular complexity index is 1250. The summed E-state index contributed by atoms with van der Waals surface area (Å²) in [4.78, 5) is 12.8. The van der Waals surface area contributed by atoms with Crippen molar-refractivity contribution in [2.24, 2.45) is 12.0 Å². The van der Waals surface area contributed by atoms with Crippen LogP contribution in [0.25, 0.3) is 27.6 Å². The molecule has 0 amide bonds. The monoisotopic (exact) mass is 408 g/mol. The number of nitriles is 1. The van der Waals surface area contributed by atoms with Crippen molar-refractivity contribution in [1.29, 1.82) is 5.26 Å². The zero-order valence-electron chi connectivity index (χ0n) is 14.0. The van der Waals surface area contributed by atoms with E-state index in [0.29, 0.717) is 11.5 Å². The number of aromatic nitrogens is 4. The first kappa shape index (κ1) is 16.3. The van der Waals surface area contributed by atoms with Gasteiger partial charge in [-0.3, -0.25) is 9.55 Å². The summed E-state index contributed by atoms with van der Waals surface area (Å²) in [5.74, 6) is 0.516. The van der Waals surface area contributed by atoms with Gasteiger partial charge in [-0.25, -0.2) is 4.98 Å². The third kappa shape index (κ3) is 2.45. The first-order valence-corrected chi connectivity index (χ1v) is 8.52. The number of hydrogen-bond acceptors (Lipinski definition) is 5. The first-order chi connectivity index (χ1) is 12.6. The van der Waals surface area contributed by atoms with E-state index in [1.54, 1.807) is 25.6 Å². The number of hydrogen-bond donors (Lipinski definition) is 0. The van der Waals surface area contributed by atoms with E-state index in [4.69, 9.17) is 4.74 Å². The van der Waals surface area contributed by atoms with Crippen molar-refractivity contribution >= 4 is 37.9 Å². The van der Waals surface area contributed by atoms with Crippen LogP contribution in [0.1, 0.15) is 0 Å². The van der Waals surface area contributed by atoms with Crippen molar-refractivity contribution in [3.63, 3.8) is 0 Å². The molecule has 0 aliphatic heterocycles. The van der Waals surface area contributed by atoms with Crippen LogP contribution in [0, 0.1) is 11.5 Å². The number of aryl methyl sites for hydroxylation is 1. The average Bonchev–Trinajstić information content (AvgIpc) is 2.95. The minimum Gasteiger partial charge on any atom is -0.481 e. The molecule has 0 aliphatic carbocycles. The Morgan fingerprint density at radius 1 is 1.19 bits per heavy atom. The third-order valence-electron chi connectivity index (χ3n) is 4.21. The predicted molar refractivity (Wildman–Crippen MR) is 101 cm³/mol. The molecule has 7 nitrogen and oxygen atoms in total. The highest BCUT2D eigenvalue weighted by Crippen LogP contribution is 2.27. The highest BCUT2D eigenvalue weighted by atomic mass is 79.9. The van der Waals surface area contributed by atoms with E-state index in [2.05, 4.69) is 30.9 Å². The average molecular weight is 409 g/mol. The van der Waals surface area contributed by atoms with E-state index in [1.165, 1.54) is 0 Å². The Morgan fingerprint density at radius 3 is 2.73 bits per heavy atom. The zero-order valence-corrected chi connectivity index (χ0v) is 15.6. The van der Waals surface area contributed by atoms with Crippen molar-refractivity contribution in [3.8, 4) is 17.8 Å². The van der Waals surface area contributed by atoms with Gasteiger partial charge in [0.15, 0.2) is 0 Å². The molecule has 0 unspecified atom stereocenters. The van der Waals surface area contributed by atoms with E-state index in [0.717, 1.165) is 32.1 Å². The fourth-order valence-corrected chi connectivity index (χ4v) is 3.38. The molecule has 3 heterocycles. The minimum atomic E-state index is 0.490. The summed E-state index contributed by atoms with van der Waals surface area (Å²) < 4.78 is 9.84. The van der Waals surface area contributed by atoms with Gasteiger partial charge in [0.25, 0.3) is 0 Å². The Morgan fingerprint density at radius 2 is 2.04 bits per heavy atom. The predicted octanol–water partition coefficient (Wildman–Crippen LogP) is 3.07.